The van der Waals surface area contributed by atoms with Gasteiger partial charge in [-0.3, -0.25) is 4.79 Å². The van der Waals surface area contributed by atoms with Crippen LogP contribution in [0.25, 0.3) is 6.08 Å². The molecule has 0 bridgehead atoms. The average molecular weight is 325 g/mol. The van der Waals surface area contributed by atoms with Crippen molar-refractivity contribution in [1.29, 1.82) is 0 Å². The van der Waals surface area contributed by atoms with Gasteiger partial charge >= 0.3 is 0 Å². The summed E-state index contributed by atoms with van der Waals surface area (Å²) in [5, 5.41) is 5.93. The van der Waals surface area contributed by atoms with E-state index in [1.807, 2.05) is 35.2 Å². The fraction of sp³-hybridized carbons (Fsp3) is 0.211. The Morgan fingerprint density at radius 1 is 1.12 bits per heavy atom. The highest BCUT2D eigenvalue weighted by Gasteiger charge is 2.14. The molecule has 0 unspecified atom stereocenters. The molecule has 2 aromatic rings. The predicted molar refractivity (Wildman–Crippen MR) is 95.6 cm³/mol. The van der Waals surface area contributed by atoms with Crippen molar-refractivity contribution in [2.45, 2.75) is 0 Å². The van der Waals surface area contributed by atoms with E-state index in [4.69, 9.17) is 0 Å². The number of piperazine rings is 1. The van der Waals surface area contributed by atoms with Crippen LogP contribution in [-0.4, -0.2) is 32.1 Å². The number of nitrogens with zero attached hydrogens (tertiary/aromatic N) is 1. The minimum Gasteiger partial charge on any atom is -0.367 e. The second kappa shape index (κ2) is 7.75. The number of hydrogen-bond donors (Lipinski definition) is 2. The first kappa shape index (κ1) is 16.2. The Kier molecular flexibility index (Phi) is 5.23. The fourth-order valence-corrected chi connectivity index (χ4v) is 2.67. The van der Waals surface area contributed by atoms with Gasteiger partial charge in [0.05, 0.1) is 5.69 Å². The minimum atomic E-state index is -0.318. The second-order valence-corrected chi connectivity index (χ2v) is 5.64. The number of hydrogen-bond acceptors (Lipinski definition) is 3. The van der Waals surface area contributed by atoms with Gasteiger partial charge in [0, 0.05) is 37.9 Å². The molecule has 1 heterocycles. The molecule has 124 valence electrons. The van der Waals surface area contributed by atoms with Crippen molar-refractivity contribution in [1.82, 2.24) is 5.32 Å². The molecule has 1 saturated heterocycles. The third-order valence-electron chi connectivity index (χ3n) is 3.90. The van der Waals surface area contributed by atoms with E-state index in [2.05, 4.69) is 10.6 Å². The standard InChI is InChI=1S/C19H20FN3O/c20-17-14-16(7-8-18(17)23-12-10-21-11-13-23)22-19(24)9-6-15-4-2-1-3-5-15/h1-9,14,21H,10-13H2,(H,22,24)/b9-6+. The second-order valence-electron chi connectivity index (χ2n) is 5.64. The minimum absolute atomic E-state index is 0.284. The Labute approximate surface area is 141 Å². The molecule has 4 nitrogen and oxygen atoms in total. The highest BCUT2D eigenvalue weighted by molar-refractivity contribution is 6.02. The van der Waals surface area contributed by atoms with Crippen LogP contribution in [0.15, 0.2) is 54.6 Å². The number of benzene rings is 2. The summed E-state index contributed by atoms with van der Waals surface area (Å²) in [7, 11) is 0. The van der Waals surface area contributed by atoms with Gasteiger partial charge in [-0.25, -0.2) is 4.39 Å². The summed E-state index contributed by atoms with van der Waals surface area (Å²) in [4.78, 5) is 14.0. The van der Waals surface area contributed by atoms with Crippen LogP contribution in [0.1, 0.15) is 5.56 Å². The molecule has 0 radical (unpaired) electrons. The van der Waals surface area contributed by atoms with Crippen molar-refractivity contribution in [2.75, 3.05) is 36.4 Å². The summed E-state index contributed by atoms with van der Waals surface area (Å²) < 4.78 is 14.3. The molecule has 0 spiro atoms. The summed E-state index contributed by atoms with van der Waals surface area (Å²) in [6, 6.07) is 14.4. The van der Waals surface area contributed by atoms with Crippen LogP contribution in [0, 0.1) is 5.82 Å². The van der Waals surface area contributed by atoms with Gasteiger partial charge in [-0.15, -0.1) is 0 Å². The van der Waals surface area contributed by atoms with Gasteiger partial charge in [0.25, 0.3) is 0 Å². The molecule has 0 aromatic heterocycles. The van der Waals surface area contributed by atoms with Crippen molar-refractivity contribution < 1.29 is 9.18 Å². The van der Waals surface area contributed by atoms with Crippen LogP contribution in [0.4, 0.5) is 15.8 Å². The third kappa shape index (κ3) is 4.20. The topological polar surface area (TPSA) is 44.4 Å². The molecule has 3 rings (SSSR count). The van der Waals surface area contributed by atoms with Crippen LogP contribution >= 0.6 is 0 Å². The van der Waals surface area contributed by atoms with Gasteiger partial charge in [-0.2, -0.15) is 0 Å². The highest BCUT2D eigenvalue weighted by Crippen LogP contribution is 2.23. The van der Waals surface area contributed by atoms with E-state index < -0.39 is 0 Å². The van der Waals surface area contributed by atoms with Gasteiger partial charge in [-0.05, 0) is 29.8 Å². The first-order valence-electron chi connectivity index (χ1n) is 8.02. The zero-order valence-corrected chi connectivity index (χ0v) is 13.3. The first-order valence-corrected chi connectivity index (χ1v) is 8.02. The van der Waals surface area contributed by atoms with Gasteiger partial charge < -0.3 is 15.5 Å². The maximum absolute atomic E-state index is 14.3. The van der Waals surface area contributed by atoms with E-state index in [1.165, 1.54) is 12.1 Å². The van der Waals surface area contributed by atoms with Crippen molar-refractivity contribution in [3.8, 4) is 0 Å². The monoisotopic (exact) mass is 325 g/mol. The van der Waals surface area contributed by atoms with E-state index in [-0.39, 0.29) is 11.7 Å². The summed E-state index contributed by atoms with van der Waals surface area (Å²) in [5.74, 6) is -0.602. The van der Waals surface area contributed by atoms with Crippen molar-refractivity contribution in [3.63, 3.8) is 0 Å². The van der Waals surface area contributed by atoms with Crippen molar-refractivity contribution >= 4 is 23.4 Å². The zero-order chi connectivity index (χ0) is 16.8. The lowest BCUT2D eigenvalue weighted by Gasteiger charge is -2.29. The van der Waals surface area contributed by atoms with E-state index >= 15 is 0 Å². The van der Waals surface area contributed by atoms with Crippen LogP contribution in [0.3, 0.4) is 0 Å². The van der Waals surface area contributed by atoms with Crippen molar-refractivity contribution in [3.05, 3.63) is 66.0 Å². The van der Waals surface area contributed by atoms with E-state index in [1.54, 1.807) is 18.2 Å². The number of halogens is 1. The zero-order valence-electron chi connectivity index (χ0n) is 13.3. The van der Waals surface area contributed by atoms with Gasteiger partial charge in [0.1, 0.15) is 5.82 Å². The number of carbonyl (C=O) groups is 1. The Bertz CT molecular complexity index is 725. The number of carbonyl (C=O) groups excluding carboxylic acids is 1. The quantitative estimate of drug-likeness (QED) is 0.850. The van der Waals surface area contributed by atoms with Gasteiger partial charge in [-0.1, -0.05) is 30.3 Å². The smallest absolute Gasteiger partial charge is 0.248 e. The molecular weight excluding hydrogens is 305 g/mol. The molecule has 0 saturated carbocycles. The number of anilines is 2. The van der Waals surface area contributed by atoms with E-state index in [0.29, 0.717) is 11.4 Å². The Morgan fingerprint density at radius 2 is 1.88 bits per heavy atom. The molecule has 1 fully saturated rings. The average Bonchev–Trinajstić information content (AvgIpc) is 2.62. The van der Waals surface area contributed by atoms with Crippen LogP contribution in [-0.2, 0) is 4.79 Å². The summed E-state index contributed by atoms with van der Waals surface area (Å²) in [6.45, 7) is 3.26. The summed E-state index contributed by atoms with van der Waals surface area (Å²) in [5.41, 5.74) is 1.97. The molecule has 2 aromatic carbocycles. The maximum atomic E-state index is 14.3. The normalized spacial score (nSPS) is 14.8. The van der Waals surface area contributed by atoms with Crippen LogP contribution in [0.5, 0.6) is 0 Å². The van der Waals surface area contributed by atoms with E-state index in [9.17, 15) is 9.18 Å². The maximum Gasteiger partial charge on any atom is 0.248 e. The molecule has 0 atom stereocenters. The number of amides is 1. The fourth-order valence-electron chi connectivity index (χ4n) is 2.67. The van der Waals surface area contributed by atoms with Crippen LogP contribution in [0.2, 0.25) is 0 Å². The number of rotatable bonds is 4. The van der Waals surface area contributed by atoms with Crippen LogP contribution < -0.4 is 15.5 Å². The Hall–Kier alpha value is -2.66. The van der Waals surface area contributed by atoms with Gasteiger partial charge in [0.15, 0.2) is 0 Å². The predicted octanol–water partition coefficient (Wildman–Crippen LogP) is 2.89. The molecule has 1 aliphatic rings. The SMILES string of the molecule is O=C(/C=C/c1ccccc1)Nc1ccc(N2CCNCC2)c(F)c1. The first-order chi connectivity index (χ1) is 11.7. The third-order valence-corrected chi connectivity index (χ3v) is 3.90. The number of nitrogens with one attached hydrogen (secondary N) is 2. The summed E-state index contributed by atoms with van der Waals surface area (Å²) >= 11 is 0. The molecule has 1 amide bonds. The Balaban J connectivity index is 1.64. The van der Waals surface area contributed by atoms with Gasteiger partial charge in [0.2, 0.25) is 5.91 Å². The lowest BCUT2D eigenvalue weighted by Crippen LogP contribution is -2.43. The molecular formula is C19H20FN3O. The molecule has 5 heteroatoms. The molecule has 1 aliphatic heterocycles. The molecule has 24 heavy (non-hydrogen) atoms. The van der Waals surface area contributed by atoms with Crippen molar-refractivity contribution in [2.24, 2.45) is 0 Å². The molecule has 0 aliphatic carbocycles. The van der Waals surface area contributed by atoms with E-state index in [0.717, 1.165) is 31.7 Å². The lowest BCUT2D eigenvalue weighted by atomic mass is 10.2. The largest absolute Gasteiger partial charge is 0.367 e. The summed E-state index contributed by atoms with van der Waals surface area (Å²) in [6.07, 6.45) is 3.16. The lowest BCUT2D eigenvalue weighted by molar-refractivity contribution is -0.111. The molecule has 2 N–H and O–H groups in total. The highest BCUT2D eigenvalue weighted by atomic mass is 19.1. The Morgan fingerprint density at radius 3 is 2.58 bits per heavy atom.